The van der Waals surface area contributed by atoms with Crippen LogP contribution in [0.4, 0.5) is 4.39 Å². The molecule has 1 fully saturated rings. The Morgan fingerprint density at radius 3 is 2.68 bits per heavy atom. The summed E-state index contributed by atoms with van der Waals surface area (Å²) in [4.78, 5) is 13.2. The normalized spacial score (nSPS) is 18.2. The number of fused-ring (bicyclic) bond motifs is 1. The summed E-state index contributed by atoms with van der Waals surface area (Å²) < 4.78 is 44.2. The van der Waals surface area contributed by atoms with Gasteiger partial charge in [0.25, 0.3) is 5.91 Å². The number of ether oxygens (including phenoxy) is 1. The molecule has 2 heterocycles. The number of halogens is 1. The number of hydrogen-bond donors (Lipinski definition) is 1. The average Bonchev–Trinajstić information content (AvgIpc) is 3.21. The highest BCUT2D eigenvalue weighted by atomic mass is 32.2. The maximum absolute atomic E-state index is 14.5. The van der Waals surface area contributed by atoms with E-state index in [-0.39, 0.29) is 18.1 Å². The highest BCUT2D eigenvalue weighted by Crippen LogP contribution is 2.34. The fourth-order valence-electron chi connectivity index (χ4n) is 3.32. The van der Waals surface area contributed by atoms with Crippen molar-refractivity contribution < 1.29 is 22.3 Å². The smallest absolute Gasteiger partial charge is 0.262 e. The fourth-order valence-corrected chi connectivity index (χ4v) is 6.12. The minimum Gasteiger partial charge on any atom is -0.489 e. The van der Waals surface area contributed by atoms with E-state index in [1.807, 2.05) is 18.2 Å². The molecule has 0 bridgehead atoms. The van der Waals surface area contributed by atoms with Crippen molar-refractivity contribution in [1.29, 1.82) is 0 Å². The van der Waals surface area contributed by atoms with E-state index < -0.39 is 27.6 Å². The predicted octanol–water partition coefficient (Wildman–Crippen LogP) is 3.54. The second-order valence-electron chi connectivity index (χ2n) is 6.70. The van der Waals surface area contributed by atoms with Crippen LogP contribution in [0.5, 0.6) is 5.75 Å². The average molecular weight is 419 g/mol. The number of hydrogen-bond acceptors (Lipinski definition) is 5. The molecule has 5 nitrogen and oxygen atoms in total. The van der Waals surface area contributed by atoms with Gasteiger partial charge in [-0.15, -0.1) is 11.3 Å². The van der Waals surface area contributed by atoms with Crippen molar-refractivity contribution >= 4 is 37.2 Å². The second-order valence-corrected chi connectivity index (χ2v) is 9.98. The lowest BCUT2D eigenvalue weighted by molar-refractivity contribution is 0.0943. The van der Waals surface area contributed by atoms with Gasteiger partial charge in [0.2, 0.25) is 0 Å². The first-order chi connectivity index (χ1) is 13.4. The van der Waals surface area contributed by atoms with Gasteiger partial charge >= 0.3 is 0 Å². The number of sulfone groups is 1. The van der Waals surface area contributed by atoms with Gasteiger partial charge in [-0.2, -0.15) is 0 Å². The Balaban J connectivity index is 1.65. The van der Waals surface area contributed by atoms with Gasteiger partial charge in [-0.3, -0.25) is 4.79 Å². The Bertz CT molecular complexity index is 1130. The third-order valence-corrected chi connectivity index (χ3v) is 7.63. The van der Waals surface area contributed by atoms with Gasteiger partial charge in [-0.05, 0) is 30.7 Å². The summed E-state index contributed by atoms with van der Waals surface area (Å²) >= 11 is 1.18. The number of para-hydroxylation sites is 1. The van der Waals surface area contributed by atoms with Gasteiger partial charge in [0.15, 0.2) is 9.84 Å². The van der Waals surface area contributed by atoms with Crippen LogP contribution in [0.25, 0.3) is 10.1 Å². The van der Waals surface area contributed by atoms with Crippen molar-refractivity contribution in [3.05, 3.63) is 64.8 Å². The number of carbonyl (C=O) groups is 1. The van der Waals surface area contributed by atoms with Gasteiger partial charge in [0.1, 0.15) is 18.2 Å². The molecule has 1 aliphatic rings. The summed E-state index contributed by atoms with van der Waals surface area (Å²) in [6.45, 7) is 0.0384. The van der Waals surface area contributed by atoms with E-state index in [1.165, 1.54) is 17.4 Å². The van der Waals surface area contributed by atoms with Gasteiger partial charge < -0.3 is 10.1 Å². The molecule has 2 aromatic carbocycles. The molecule has 1 atom stereocenters. The summed E-state index contributed by atoms with van der Waals surface area (Å²) in [7, 11) is -3.11. The Labute approximate surface area is 166 Å². The molecule has 0 radical (unpaired) electrons. The first-order valence-electron chi connectivity index (χ1n) is 8.82. The van der Waals surface area contributed by atoms with Crippen LogP contribution in [0, 0.1) is 5.82 Å². The lowest BCUT2D eigenvalue weighted by Crippen LogP contribution is -2.35. The number of thiophene rings is 1. The van der Waals surface area contributed by atoms with Crippen molar-refractivity contribution in [2.24, 2.45) is 0 Å². The van der Waals surface area contributed by atoms with Crippen LogP contribution in [0.2, 0.25) is 0 Å². The third kappa shape index (κ3) is 3.88. The Morgan fingerprint density at radius 2 is 1.96 bits per heavy atom. The first-order valence-corrected chi connectivity index (χ1v) is 11.5. The van der Waals surface area contributed by atoms with Crippen LogP contribution in [-0.4, -0.2) is 31.9 Å². The lowest BCUT2D eigenvalue weighted by Gasteiger charge is -2.12. The maximum atomic E-state index is 14.5. The molecule has 0 saturated carbocycles. The molecule has 4 rings (SSSR count). The highest BCUT2D eigenvalue weighted by molar-refractivity contribution is 7.91. The molecule has 1 saturated heterocycles. The van der Waals surface area contributed by atoms with Crippen LogP contribution in [-0.2, 0) is 16.4 Å². The van der Waals surface area contributed by atoms with Crippen LogP contribution in [0.1, 0.15) is 21.7 Å². The van der Waals surface area contributed by atoms with Crippen LogP contribution >= 0.6 is 11.3 Å². The molecule has 0 unspecified atom stereocenters. The van der Waals surface area contributed by atoms with Gasteiger partial charge in [-0.25, -0.2) is 12.8 Å². The molecule has 3 aromatic rings. The zero-order chi connectivity index (χ0) is 19.7. The van der Waals surface area contributed by atoms with Gasteiger partial charge in [-0.1, -0.05) is 24.3 Å². The Kier molecular flexibility index (Phi) is 5.07. The minimum absolute atomic E-state index is 0.0384. The van der Waals surface area contributed by atoms with Crippen molar-refractivity contribution in [1.82, 2.24) is 5.32 Å². The minimum atomic E-state index is -3.11. The van der Waals surface area contributed by atoms with Crippen molar-refractivity contribution in [2.45, 2.75) is 19.1 Å². The summed E-state index contributed by atoms with van der Waals surface area (Å²) in [6.07, 6.45) is 0.392. The summed E-state index contributed by atoms with van der Waals surface area (Å²) in [5, 5.41) is 3.15. The molecule has 0 spiro atoms. The van der Waals surface area contributed by atoms with Gasteiger partial charge in [0.05, 0.1) is 16.4 Å². The number of carbonyl (C=O) groups excluding carboxylic acids is 1. The monoisotopic (exact) mass is 419 g/mol. The number of benzene rings is 2. The quantitative estimate of drug-likeness (QED) is 0.687. The van der Waals surface area contributed by atoms with E-state index in [1.54, 1.807) is 24.3 Å². The van der Waals surface area contributed by atoms with Gasteiger partial charge in [0, 0.05) is 21.7 Å². The van der Waals surface area contributed by atoms with E-state index >= 15 is 0 Å². The molecule has 146 valence electrons. The van der Waals surface area contributed by atoms with Crippen LogP contribution in [0.3, 0.4) is 0 Å². The number of rotatable bonds is 5. The molecule has 28 heavy (non-hydrogen) atoms. The highest BCUT2D eigenvalue weighted by Gasteiger charge is 2.30. The molecule has 1 aliphatic heterocycles. The van der Waals surface area contributed by atoms with Crippen molar-refractivity contribution in [2.75, 3.05) is 11.5 Å². The van der Waals surface area contributed by atoms with Crippen LogP contribution < -0.4 is 10.1 Å². The SMILES string of the molecule is O=C(N[C@@H]1CCS(=O)(=O)C1)c1sc2cccc(F)c2c1COc1ccccc1. The standard InChI is InChI=1S/C20H18FNO4S2/c21-16-7-4-8-17-18(16)15(11-26-14-5-2-1-3-6-14)19(27-17)20(23)22-13-9-10-28(24,25)12-13/h1-8,13H,9-12H2,(H,22,23)/t13-/m1/s1. The van der Waals surface area contributed by atoms with E-state index in [4.69, 9.17) is 4.74 Å². The van der Waals surface area contributed by atoms with Crippen LogP contribution in [0.15, 0.2) is 48.5 Å². The molecular weight excluding hydrogens is 401 g/mol. The summed E-state index contributed by atoms with van der Waals surface area (Å²) in [5.41, 5.74) is 0.473. The predicted molar refractivity (Wildman–Crippen MR) is 107 cm³/mol. The Hall–Kier alpha value is -2.45. The Morgan fingerprint density at radius 1 is 1.18 bits per heavy atom. The summed E-state index contributed by atoms with van der Waals surface area (Å²) in [5.74, 6) is -0.180. The largest absolute Gasteiger partial charge is 0.489 e. The maximum Gasteiger partial charge on any atom is 0.262 e. The fraction of sp³-hybridized carbons (Fsp3) is 0.250. The zero-order valence-electron chi connectivity index (χ0n) is 14.9. The molecule has 1 N–H and O–H groups in total. The lowest BCUT2D eigenvalue weighted by atomic mass is 10.1. The summed E-state index contributed by atoms with van der Waals surface area (Å²) in [6, 6.07) is 13.4. The molecule has 1 aromatic heterocycles. The topological polar surface area (TPSA) is 72.5 Å². The molecule has 0 aliphatic carbocycles. The molecular formula is C20H18FNO4S2. The zero-order valence-corrected chi connectivity index (χ0v) is 16.5. The molecule has 8 heteroatoms. The number of nitrogens with one attached hydrogen (secondary N) is 1. The third-order valence-electron chi connectivity index (χ3n) is 4.66. The van der Waals surface area contributed by atoms with Crippen molar-refractivity contribution in [3.63, 3.8) is 0 Å². The second kappa shape index (κ2) is 7.52. The van der Waals surface area contributed by atoms with E-state index in [0.29, 0.717) is 32.7 Å². The first kappa shape index (κ1) is 18.9. The van der Waals surface area contributed by atoms with E-state index in [0.717, 1.165) is 0 Å². The molecule has 1 amide bonds. The van der Waals surface area contributed by atoms with E-state index in [9.17, 15) is 17.6 Å². The van der Waals surface area contributed by atoms with Crippen molar-refractivity contribution in [3.8, 4) is 5.75 Å². The number of amides is 1. The van der Waals surface area contributed by atoms with E-state index in [2.05, 4.69) is 5.32 Å².